The molecule has 1 aliphatic rings. The first-order chi connectivity index (χ1) is 9.76. The maximum absolute atomic E-state index is 4.63. The van der Waals surface area contributed by atoms with Crippen LogP contribution in [0, 0.1) is 6.92 Å². The monoisotopic (exact) mass is 289 g/mol. The van der Waals surface area contributed by atoms with Gasteiger partial charge in [0.2, 0.25) is 0 Å². The maximum Gasteiger partial charge on any atom is 0.129 e. The minimum Gasteiger partial charge on any atom is -0.373 e. The molecule has 1 N–H and O–H groups in total. The molecule has 0 unspecified atom stereocenters. The van der Waals surface area contributed by atoms with Gasteiger partial charge in [-0.05, 0) is 26.3 Å². The van der Waals surface area contributed by atoms with E-state index in [4.69, 9.17) is 0 Å². The minimum absolute atomic E-state index is 0.380. The summed E-state index contributed by atoms with van der Waals surface area (Å²) in [6.45, 7) is 3.97. The second kappa shape index (κ2) is 5.85. The van der Waals surface area contributed by atoms with Crippen LogP contribution < -0.4 is 5.32 Å². The lowest BCUT2D eigenvalue weighted by molar-refractivity contribution is 0.241. The fourth-order valence-corrected chi connectivity index (χ4v) is 3.31. The lowest BCUT2D eigenvalue weighted by atomic mass is 10.1. The van der Waals surface area contributed by atoms with Gasteiger partial charge in [0.1, 0.15) is 11.6 Å². The molecule has 106 valence electrons. The van der Waals surface area contributed by atoms with Crippen molar-refractivity contribution in [3.8, 4) is 0 Å². The summed E-state index contributed by atoms with van der Waals surface area (Å²) >= 11 is 1.66. The third-order valence-electron chi connectivity index (χ3n) is 3.67. The van der Waals surface area contributed by atoms with Crippen molar-refractivity contribution in [2.45, 2.75) is 32.4 Å². The molecule has 1 saturated heterocycles. The Balaban J connectivity index is 1.82. The average Bonchev–Trinajstić information content (AvgIpc) is 3.10. The number of aromatic nitrogens is 3. The van der Waals surface area contributed by atoms with Crippen molar-refractivity contribution in [1.82, 2.24) is 19.9 Å². The first-order valence-corrected chi connectivity index (χ1v) is 7.85. The van der Waals surface area contributed by atoms with Crippen LogP contribution in [0.4, 0.5) is 5.82 Å². The Labute approximate surface area is 123 Å². The van der Waals surface area contributed by atoms with Crippen LogP contribution in [-0.4, -0.2) is 33.4 Å². The van der Waals surface area contributed by atoms with Crippen LogP contribution in [0.2, 0.25) is 0 Å². The normalized spacial score (nSPS) is 19.4. The van der Waals surface area contributed by atoms with E-state index in [1.54, 1.807) is 11.3 Å². The second-order valence-corrected chi connectivity index (χ2v) is 5.80. The fourth-order valence-electron chi connectivity index (χ4n) is 2.76. The molecule has 0 amide bonds. The van der Waals surface area contributed by atoms with E-state index in [2.05, 4.69) is 36.6 Å². The molecule has 6 heteroatoms. The summed E-state index contributed by atoms with van der Waals surface area (Å²) < 4.78 is 0. The van der Waals surface area contributed by atoms with Gasteiger partial charge in [-0.15, -0.1) is 11.3 Å². The Morgan fingerprint density at radius 1 is 1.45 bits per heavy atom. The zero-order valence-electron chi connectivity index (χ0n) is 11.8. The Bertz CT molecular complexity index is 569. The van der Waals surface area contributed by atoms with Crippen molar-refractivity contribution in [2.75, 3.05) is 18.9 Å². The van der Waals surface area contributed by atoms with E-state index < -0.39 is 0 Å². The Kier molecular flexibility index (Phi) is 3.93. The van der Waals surface area contributed by atoms with Gasteiger partial charge >= 0.3 is 0 Å². The van der Waals surface area contributed by atoms with Crippen LogP contribution >= 0.6 is 11.3 Å². The molecule has 20 heavy (non-hydrogen) atoms. The van der Waals surface area contributed by atoms with E-state index in [1.807, 2.05) is 19.5 Å². The van der Waals surface area contributed by atoms with Gasteiger partial charge in [-0.3, -0.25) is 4.90 Å². The fraction of sp³-hybridized carbons (Fsp3) is 0.500. The van der Waals surface area contributed by atoms with Gasteiger partial charge in [0, 0.05) is 25.0 Å². The molecule has 0 aliphatic carbocycles. The van der Waals surface area contributed by atoms with Gasteiger partial charge in [-0.1, -0.05) is 0 Å². The third kappa shape index (κ3) is 2.81. The molecule has 3 heterocycles. The number of anilines is 1. The summed E-state index contributed by atoms with van der Waals surface area (Å²) in [4.78, 5) is 15.9. The van der Waals surface area contributed by atoms with Crippen molar-refractivity contribution < 1.29 is 0 Å². The first-order valence-electron chi connectivity index (χ1n) is 6.90. The Morgan fingerprint density at radius 2 is 2.35 bits per heavy atom. The van der Waals surface area contributed by atoms with E-state index in [1.165, 1.54) is 6.42 Å². The van der Waals surface area contributed by atoms with Crippen molar-refractivity contribution in [2.24, 2.45) is 0 Å². The Morgan fingerprint density at radius 3 is 3.10 bits per heavy atom. The molecule has 1 fully saturated rings. The zero-order chi connectivity index (χ0) is 13.9. The zero-order valence-corrected chi connectivity index (χ0v) is 12.7. The molecule has 1 atom stereocenters. The highest BCUT2D eigenvalue weighted by Crippen LogP contribution is 2.32. The summed E-state index contributed by atoms with van der Waals surface area (Å²) in [5.74, 6) is 1.72. The number of thiazole rings is 1. The first kappa shape index (κ1) is 13.5. The molecule has 0 saturated carbocycles. The average molecular weight is 289 g/mol. The summed E-state index contributed by atoms with van der Waals surface area (Å²) in [5.41, 5.74) is 4.17. The third-order valence-corrected chi connectivity index (χ3v) is 4.30. The van der Waals surface area contributed by atoms with Gasteiger partial charge < -0.3 is 5.32 Å². The van der Waals surface area contributed by atoms with Crippen LogP contribution in [-0.2, 0) is 6.54 Å². The Hall–Kier alpha value is -1.53. The van der Waals surface area contributed by atoms with Crippen molar-refractivity contribution in [1.29, 1.82) is 0 Å². The quantitative estimate of drug-likeness (QED) is 0.937. The van der Waals surface area contributed by atoms with Crippen LogP contribution in [0.3, 0.4) is 0 Å². The van der Waals surface area contributed by atoms with Gasteiger partial charge in [0.05, 0.1) is 22.9 Å². The standard InChI is InChI=1S/C14H19N5S/c1-10-17-12(6-14(15-2)18-10)13-4-3-5-19(13)7-11-8-20-9-16-11/h6,8-9,13H,3-5,7H2,1-2H3,(H,15,17,18)/t13-/m1/s1. The maximum atomic E-state index is 4.63. The molecule has 3 rings (SSSR count). The lowest BCUT2D eigenvalue weighted by Crippen LogP contribution is -2.24. The molecule has 0 spiro atoms. The highest BCUT2D eigenvalue weighted by atomic mass is 32.1. The van der Waals surface area contributed by atoms with Gasteiger partial charge in [0.15, 0.2) is 0 Å². The molecule has 0 bridgehead atoms. The van der Waals surface area contributed by atoms with Crippen LogP contribution in [0.25, 0.3) is 0 Å². The van der Waals surface area contributed by atoms with E-state index in [0.29, 0.717) is 6.04 Å². The van der Waals surface area contributed by atoms with E-state index in [9.17, 15) is 0 Å². The summed E-state index contributed by atoms with van der Waals surface area (Å²) in [7, 11) is 1.90. The van der Waals surface area contributed by atoms with Gasteiger partial charge in [0.25, 0.3) is 0 Å². The predicted octanol–water partition coefficient (Wildman–Crippen LogP) is 2.62. The number of likely N-dealkylation sites (tertiary alicyclic amines) is 1. The van der Waals surface area contributed by atoms with Crippen molar-refractivity contribution >= 4 is 17.2 Å². The van der Waals surface area contributed by atoms with Crippen molar-refractivity contribution in [3.05, 3.63) is 34.2 Å². The molecule has 5 nitrogen and oxygen atoms in total. The van der Waals surface area contributed by atoms with E-state index >= 15 is 0 Å². The lowest BCUT2D eigenvalue weighted by Gasteiger charge is -2.23. The van der Waals surface area contributed by atoms with E-state index in [-0.39, 0.29) is 0 Å². The van der Waals surface area contributed by atoms with Crippen LogP contribution in [0.5, 0.6) is 0 Å². The molecule has 2 aromatic heterocycles. The minimum atomic E-state index is 0.380. The SMILES string of the molecule is CNc1cc([C@H]2CCCN2Cc2cscn2)nc(C)n1. The van der Waals surface area contributed by atoms with E-state index in [0.717, 1.165) is 42.5 Å². The molecular weight excluding hydrogens is 270 g/mol. The van der Waals surface area contributed by atoms with Crippen LogP contribution in [0.15, 0.2) is 17.0 Å². The molecule has 1 aliphatic heterocycles. The number of aryl methyl sites for hydroxylation is 1. The molecule has 0 radical (unpaired) electrons. The summed E-state index contributed by atoms with van der Waals surface area (Å²) in [6.07, 6.45) is 2.37. The van der Waals surface area contributed by atoms with Gasteiger partial charge in [-0.25, -0.2) is 15.0 Å². The predicted molar refractivity (Wildman–Crippen MR) is 80.8 cm³/mol. The largest absolute Gasteiger partial charge is 0.373 e. The number of nitrogens with one attached hydrogen (secondary N) is 1. The molecular formula is C14H19N5S. The highest BCUT2D eigenvalue weighted by Gasteiger charge is 2.28. The highest BCUT2D eigenvalue weighted by molar-refractivity contribution is 7.07. The van der Waals surface area contributed by atoms with Gasteiger partial charge in [-0.2, -0.15) is 0 Å². The molecule has 2 aromatic rings. The topological polar surface area (TPSA) is 53.9 Å². The summed E-state index contributed by atoms with van der Waals surface area (Å²) in [6, 6.07) is 2.45. The number of hydrogen-bond donors (Lipinski definition) is 1. The number of nitrogens with zero attached hydrogens (tertiary/aromatic N) is 4. The second-order valence-electron chi connectivity index (χ2n) is 5.08. The number of rotatable bonds is 4. The summed E-state index contributed by atoms with van der Waals surface area (Å²) in [5, 5.41) is 5.24. The smallest absolute Gasteiger partial charge is 0.129 e. The molecule has 0 aromatic carbocycles. The number of hydrogen-bond acceptors (Lipinski definition) is 6. The van der Waals surface area contributed by atoms with Crippen LogP contribution in [0.1, 0.15) is 36.1 Å². The van der Waals surface area contributed by atoms with Crippen molar-refractivity contribution in [3.63, 3.8) is 0 Å².